The van der Waals surface area contributed by atoms with E-state index in [1.807, 2.05) is 0 Å². The molecule has 0 heterocycles. The van der Waals surface area contributed by atoms with Crippen molar-refractivity contribution in [1.82, 2.24) is 0 Å². The van der Waals surface area contributed by atoms with Crippen LogP contribution in [0.2, 0.25) is 0 Å². The van der Waals surface area contributed by atoms with Gasteiger partial charge in [-0.3, -0.25) is 0 Å². The second-order valence-electron chi connectivity index (χ2n) is 2.74. The fraction of sp³-hybridized carbons (Fsp3) is 0.400. The van der Waals surface area contributed by atoms with E-state index in [-0.39, 0.29) is 29.6 Å². The molecular weight excluding hydrogens is 143 g/mol. The van der Waals surface area contributed by atoms with Gasteiger partial charge in [0.2, 0.25) is 0 Å². The minimum atomic E-state index is 0. The van der Waals surface area contributed by atoms with E-state index in [1.165, 1.54) is 24.0 Å². The summed E-state index contributed by atoms with van der Waals surface area (Å²) < 4.78 is 0. The molecule has 56 valence electrons. The van der Waals surface area contributed by atoms with Gasteiger partial charge < -0.3 is 0 Å². The molecule has 0 aliphatic heterocycles. The summed E-state index contributed by atoms with van der Waals surface area (Å²) in [5.41, 5.74) is 2.80. The third-order valence-electron chi connectivity index (χ3n) is 1.66. The van der Waals surface area contributed by atoms with Crippen LogP contribution in [0.4, 0.5) is 0 Å². The SMILES string of the molecule is CCCc1ccc(C)cc1.[NaH]. The van der Waals surface area contributed by atoms with E-state index in [0.717, 1.165) is 0 Å². The van der Waals surface area contributed by atoms with Gasteiger partial charge in [0.25, 0.3) is 0 Å². The van der Waals surface area contributed by atoms with Gasteiger partial charge >= 0.3 is 29.6 Å². The van der Waals surface area contributed by atoms with Gasteiger partial charge in [-0.1, -0.05) is 43.2 Å². The molecule has 0 spiro atoms. The molecule has 0 radical (unpaired) electrons. The minimum absolute atomic E-state index is 0. The molecule has 0 amide bonds. The zero-order valence-corrected chi connectivity index (χ0v) is 6.72. The maximum atomic E-state index is 2.21. The van der Waals surface area contributed by atoms with Crippen LogP contribution in [0.1, 0.15) is 24.5 Å². The van der Waals surface area contributed by atoms with Crippen LogP contribution in [-0.2, 0) is 6.42 Å². The Morgan fingerprint density at radius 1 is 1.09 bits per heavy atom. The molecule has 0 unspecified atom stereocenters. The number of benzene rings is 1. The summed E-state index contributed by atoms with van der Waals surface area (Å²) in [6.07, 6.45) is 2.45. The zero-order chi connectivity index (χ0) is 7.40. The Bertz CT molecular complexity index is 189. The molecule has 1 aromatic carbocycles. The van der Waals surface area contributed by atoms with E-state index in [4.69, 9.17) is 0 Å². The molecule has 11 heavy (non-hydrogen) atoms. The molecule has 0 aliphatic carbocycles. The summed E-state index contributed by atoms with van der Waals surface area (Å²) in [5, 5.41) is 0. The Hall–Kier alpha value is 0.220. The quantitative estimate of drug-likeness (QED) is 0.579. The standard InChI is InChI=1S/C10H14.Na.H/c1-3-4-10-7-5-9(2)6-8-10;;/h5-8H,3-4H2,1-2H3;;. The molecule has 0 N–H and O–H groups in total. The van der Waals surface area contributed by atoms with Crippen molar-refractivity contribution in [3.05, 3.63) is 35.4 Å². The van der Waals surface area contributed by atoms with Gasteiger partial charge in [0.05, 0.1) is 0 Å². The average Bonchev–Trinajstić information content (AvgIpc) is 1.95. The maximum absolute atomic E-state index is 2.21. The van der Waals surface area contributed by atoms with Crippen LogP contribution in [0.5, 0.6) is 0 Å². The van der Waals surface area contributed by atoms with Crippen LogP contribution >= 0.6 is 0 Å². The summed E-state index contributed by atoms with van der Waals surface area (Å²) in [5.74, 6) is 0. The summed E-state index contributed by atoms with van der Waals surface area (Å²) in [6, 6.07) is 8.76. The molecule has 0 bridgehead atoms. The third-order valence-corrected chi connectivity index (χ3v) is 1.66. The first-order valence-electron chi connectivity index (χ1n) is 3.88. The van der Waals surface area contributed by atoms with E-state index in [1.54, 1.807) is 0 Å². The summed E-state index contributed by atoms with van der Waals surface area (Å²) in [7, 11) is 0. The summed E-state index contributed by atoms with van der Waals surface area (Å²) in [4.78, 5) is 0. The molecule has 0 atom stereocenters. The second kappa shape index (κ2) is 5.82. The molecule has 0 fully saturated rings. The number of hydrogen-bond acceptors (Lipinski definition) is 0. The molecule has 0 aliphatic rings. The van der Waals surface area contributed by atoms with Crippen molar-refractivity contribution in [2.75, 3.05) is 0 Å². The van der Waals surface area contributed by atoms with Crippen molar-refractivity contribution >= 4 is 29.6 Å². The van der Waals surface area contributed by atoms with E-state index in [0.29, 0.717) is 0 Å². The second-order valence-corrected chi connectivity index (χ2v) is 2.74. The Kier molecular flexibility index (Phi) is 5.93. The van der Waals surface area contributed by atoms with Crippen LogP contribution < -0.4 is 0 Å². The van der Waals surface area contributed by atoms with Gasteiger partial charge in [-0.25, -0.2) is 0 Å². The first-order chi connectivity index (χ1) is 4.83. The normalized spacial score (nSPS) is 8.91. The van der Waals surface area contributed by atoms with Gasteiger partial charge in [-0.2, -0.15) is 0 Å². The van der Waals surface area contributed by atoms with Crippen molar-refractivity contribution in [3.8, 4) is 0 Å². The first-order valence-corrected chi connectivity index (χ1v) is 3.88. The van der Waals surface area contributed by atoms with Crippen molar-refractivity contribution in [1.29, 1.82) is 0 Å². The predicted molar refractivity (Wildman–Crippen MR) is 52.3 cm³/mol. The summed E-state index contributed by atoms with van der Waals surface area (Å²) in [6.45, 7) is 4.33. The fourth-order valence-electron chi connectivity index (χ4n) is 1.04. The zero-order valence-electron chi connectivity index (χ0n) is 6.72. The summed E-state index contributed by atoms with van der Waals surface area (Å²) >= 11 is 0. The van der Waals surface area contributed by atoms with Crippen molar-refractivity contribution in [2.45, 2.75) is 26.7 Å². The number of hydrogen-bond donors (Lipinski definition) is 0. The Balaban J connectivity index is 0.000001000. The Labute approximate surface area is 91.3 Å². The molecule has 1 heteroatoms. The third kappa shape index (κ3) is 3.95. The van der Waals surface area contributed by atoms with E-state index >= 15 is 0 Å². The molecule has 1 aromatic rings. The topological polar surface area (TPSA) is 0 Å². The fourth-order valence-corrected chi connectivity index (χ4v) is 1.04. The van der Waals surface area contributed by atoms with Gasteiger partial charge in [-0.05, 0) is 18.9 Å². The van der Waals surface area contributed by atoms with Crippen molar-refractivity contribution < 1.29 is 0 Å². The van der Waals surface area contributed by atoms with Crippen LogP contribution in [0, 0.1) is 6.92 Å². The monoisotopic (exact) mass is 158 g/mol. The van der Waals surface area contributed by atoms with E-state index in [9.17, 15) is 0 Å². The number of aryl methyl sites for hydroxylation is 2. The molecule has 0 saturated carbocycles. The molecule has 0 nitrogen and oxygen atoms in total. The van der Waals surface area contributed by atoms with Crippen LogP contribution in [0.25, 0.3) is 0 Å². The van der Waals surface area contributed by atoms with E-state index in [2.05, 4.69) is 38.1 Å². The van der Waals surface area contributed by atoms with Gasteiger partial charge in [0.1, 0.15) is 0 Å². The van der Waals surface area contributed by atoms with Crippen LogP contribution in [-0.4, -0.2) is 29.6 Å². The van der Waals surface area contributed by atoms with Gasteiger partial charge in [0.15, 0.2) is 0 Å². The van der Waals surface area contributed by atoms with Gasteiger partial charge in [-0.15, -0.1) is 0 Å². The first kappa shape index (κ1) is 11.2. The number of rotatable bonds is 2. The molecule has 0 saturated heterocycles. The van der Waals surface area contributed by atoms with Crippen LogP contribution in [0.3, 0.4) is 0 Å². The average molecular weight is 158 g/mol. The molecule has 0 aromatic heterocycles. The molecule has 1 rings (SSSR count). The Morgan fingerprint density at radius 2 is 1.64 bits per heavy atom. The van der Waals surface area contributed by atoms with E-state index < -0.39 is 0 Å². The van der Waals surface area contributed by atoms with Gasteiger partial charge in [0, 0.05) is 0 Å². The molecular formula is C10H15Na. The predicted octanol–water partition coefficient (Wildman–Crippen LogP) is 2.30. The van der Waals surface area contributed by atoms with Crippen LogP contribution in [0.15, 0.2) is 24.3 Å². The van der Waals surface area contributed by atoms with Crippen molar-refractivity contribution in [3.63, 3.8) is 0 Å². The Morgan fingerprint density at radius 3 is 2.09 bits per heavy atom. The van der Waals surface area contributed by atoms with Crippen molar-refractivity contribution in [2.24, 2.45) is 0 Å².